The van der Waals surface area contributed by atoms with Crippen LogP contribution in [0.2, 0.25) is 0 Å². The third-order valence-corrected chi connectivity index (χ3v) is 5.20. The van der Waals surface area contributed by atoms with Gasteiger partial charge in [-0.3, -0.25) is 5.43 Å². The maximum Gasteiger partial charge on any atom is 0.181 e. The molecule has 0 saturated carbocycles. The first-order valence-electron chi connectivity index (χ1n) is 9.66. The first-order chi connectivity index (χ1) is 13.4. The average Bonchev–Trinajstić information content (AvgIpc) is 2.72. The van der Waals surface area contributed by atoms with Gasteiger partial charge in [0.1, 0.15) is 0 Å². The molecule has 0 aliphatic carbocycles. The fourth-order valence-electron chi connectivity index (χ4n) is 2.90. The number of hydrogen-bond acceptors (Lipinski definition) is 2. The molecular weight excluding hydrogens is 362 g/mol. The molecule has 3 nitrogen and oxygen atoms in total. The normalized spacial score (nSPS) is 14.7. The molecular formula is C24H31N3S. The van der Waals surface area contributed by atoms with Crippen LogP contribution in [0.1, 0.15) is 51.8 Å². The van der Waals surface area contributed by atoms with Crippen LogP contribution in [0.25, 0.3) is 5.57 Å². The average molecular weight is 394 g/mol. The number of hydrogen-bond donors (Lipinski definition) is 3. The van der Waals surface area contributed by atoms with Gasteiger partial charge in [-0.1, -0.05) is 77.9 Å². The summed E-state index contributed by atoms with van der Waals surface area (Å²) in [6, 6.07) is 21.0. The van der Waals surface area contributed by atoms with E-state index in [1.54, 1.807) is 0 Å². The van der Waals surface area contributed by atoms with Crippen LogP contribution in [0.5, 0.6) is 0 Å². The zero-order valence-electron chi connectivity index (χ0n) is 17.4. The Labute approximate surface area is 174 Å². The van der Waals surface area contributed by atoms with E-state index in [4.69, 9.17) is 12.2 Å². The van der Waals surface area contributed by atoms with Crippen molar-refractivity contribution >= 4 is 22.9 Å². The molecule has 2 rings (SSSR count). The highest BCUT2D eigenvalue weighted by Crippen LogP contribution is 2.18. The van der Waals surface area contributed by atoms with Gasteiger partial charge in [0.05, 0.1) is 6.04 Å². The van der Waals surface area contributed by atoms with Gasteiger partial charge in [-0.05, 0) is 63.5 Å². The van der Waals surface area contributed by atoms with Gasteiger partial charge in [0.25, 0.3) is 0 Å². The van der Waals surface area contributed by atoms with Gasteiger partial charge in [-0.2, -0.15) is 0 Å². The fraction of sp³-hybridized carbons (Fsp3) is 0.292. The van der Waals surface area contributed by atoms with Gasteiger partial charge < -0.3 is 5.32 Å². The molecule has 0 aliphatic rings. The minimum atomic E-state index is 0.145. The molecule has 0 spiro atoms. The zero-order chi connectivity index (χ0) is 20.5. The summed E-state index contributed by atoms with van der Waals surface area (Å²) in [7, 11) is 0. The van der Waals surface area contributed by atoms with E-state index in [-0.39, 0.29) is 12.1 Å². The number of hydrazine groups is 1. The van der Waals surface area contributed by atoms with Crippen LogP contribution < -0.4 is 16.2 Å². The molecule has 148 valence electrons. The van der Waals surface area contributed by atoms with Crippen molar-refractivity contribution in [3.05, 3.63) is 89.0 Å². The lowest BCUT2D eigenvalue weighted by atomic mass is 10.00. The van der Waals surface area contributed by atoms with E-state index in [0.29, 0.717) is 5.11 Å². The van der Waals surface area contributed by atoms with Gasteiger partial charge in [0.2, 0.25) is 0 Å². The van der Waals surface area contributed by atoms with Gasteiger partial charge in [0, 0.05) is 6.04 Å². The van der Waals surface area contributed by atoms with E-state index < -0.39 is 0 Å². The second-order valence-electron chi connectivity index (χ2n) is 7.16. The summed E-state index contributed by atoms with van der Waals surface area (Å²) in [6.45, 7) is 10.7. The lowest BCUT2D eigenvalue weighted by Crippen LogP contribution is -2.48. The molecule has 28 heavy (non-hydrogen) atoms. The van der Waals surface area contributed by atoms with E-state index >= 15 is 0 Å². The van der Waals surface area contributed by atoms with Crippen molar-refractivity contribution in [2.24, 2.45) is 0 Å². The van der Waals surface area contributed by atoms with Crippen molar-refractivity contribution in [1.82, 2.24) is 16.2 Å². The van der Waals surface area contributed by atoms with Crippen LogP contribution in [0.3, 0.4) is 0 Å². The molecule has 0 saturated heterocycles. The Bertz CT molecular complexity index is 825. The highest BCUT2D eigenvalue weighted by atomic mass is 32.1. The van der Waals surface area contributed by atoms with E-state index in [1.165, 1.54) is 27.8 Å². The number of allylic oxidation sites excluding steroid dienone is 3. The Hall–Kier alpha value is -2.43. The Morgan fingerprint density at radius 3 is 2.07 bits per heavy atom. The molecule has 2 unspecified atom stereocenters. The summed E-state index contributed by atoms with van der Waals surface area (Å²) in [4.78, 5) is 0. The molecule has 0 radical (unpaired) electrons. The monoisotopic (exact) mass is 393 g/mol. The highest BCUT2D eigenvalue weighted by molar-refractivity contribution is 7.80. The van der Waals surface area contributed by atoms with E-state index in [0.717, 1.165) is 0 Å². The molecule has 3 N–H and O–H groups in total. The van der Waals surface area contributed by atoms with Crippen LogP contribution in [0, 0.1) is 0 Å². The van der Waals surface area contributed by atoms with Crippen molar-refractivity contribution in [3.8, 4) is 0 Å². The SMILES string of the molecule is C/C(=C\C(C)=C(/C)C(C)NNC(=S)NC(C)c1ccccc1)c1ccccc1. The van der Waals surface area contributed by atoms with Gasteiger partial charge in [-0.15, -0.1) is 0 Å². The Morgan fingerprint density at radius 1 is 0.893 bits per heavy atom. The van der Waals surface area contributed by atoms with Crippen LogP contribution >= 0.6 is 12.2 Å². The maximum absolute atomic E-state index is 5.42. The maximum atomic E-state index is 5.42. The zero-order valence-corrected chi connectivity index (χ0v) is 18.2. The predicted octanol–water partition coefficient (Wildman–Crippen LogP) is 5.54. The van der Waals surface area contributed by atoms with Crippen LogP contribution in [0.4, 0.5) is 0 Å². The largest absolute Gasteiger partial charge is 0.355 e. The van der Waals surface area contributed by atoms with E-state index in [1.807, 2.05) is 24.3 Å². The highest BCUT2D eigenvalue weighted by Gasteiger charge is 2.09. The summed E-state index contributed by atoms with van der Waals surface area (Å²) < 4.78 is 0. The van der Waals surface area contributed by atoms with Crippen molar-refractivity contribution in [2.45, 2.75) is 46.7 Å². The third kappa shape index (κ3) is 6.63. The Morgan fingerprint density at radius 2 is 1.46 bits per heavy atom. The summed E-state index contributed by atoms with van der Waals surface area (Å²) in [6.07, 6.45) is 2.23. The van der Waals surface area contributed by atoms with Crippen LogP contribution in [-0.2, 0) is 0 Å². The summed E-state index contributed by atoms with van der Waals surface area (Å²) >= 11 is 5.42. The summed E-state index contributed by atoms with van der Waals surface area (Å²) in [5.74, 6) is 0. The first-order valence-corrected chi connectivity index (χ1v) is 10.1. The quantitative estimate of drug-likeness (QED) is 0.328. The molecule has 0 fully saturated rings. The molecule has 4 heteroatoms. The lowest BCUT2D eigenvalue weighted by Gasteiger charge is -2.21. The van der Waals surface area contributed by atoms with Gasteiger partial charge >= 0.3 is 0 Å². The molecule has 2 aromatic rings. The van der Waals surface area contributed by atoms with E-state index in [2.05, 4.69) is 93.3 Å². The molecule has 0 heterocycles. The predicted molar refractivity (Wildman–Crippen MR) is 125 cm³/mol. The van der Waals surface area contributed by atoms with Gasteiger partial charge in [0.15, 0.2) is 5.11 Å². The molecule has 0 bridgehead atoms. The topological polar surface area (TPSA) is 36.1 Å². The number of rotatable bonds is 7. The lowest BCUT2D eigenvalue weighted by molar-refractivity contribution is 0.559. The molecule has 0 aromatic heterocycles. The number of thiocarbonyl (C=S) groups is 1. The van der Waals surface area contributed by atoms with Gasteiger partial charge in [-0.25, -0.2) is 5.43 Å². The van der Waals surface area contributed by atoms with Crippen molar-refractivity contribution in [2.75, 3.05) is 0 Å². The molecule has 2 atom stereocenters. The Kier molecular flexibility index (Phi) is 8.42. The summed E-state index contributed by atoms with van der Waals surface area (Å²) in [5.41, 5.74) is 12.6. The minimum Gasteiger partial charge on any atom is -0.355 e. The summed E-state index contributed by atoms with van der Waals surface area (Å²) in [5, 5.41) is 3.89. The minimum absolute atomic E-state index is 0.145. The van der Waals surface area contributed by atoms with E-state index in [9.17, 15) is 0 Å². The van der Waals surface area contributed by atoms with Crippen LogP contribution in [0.15, 0.2) is 77.9 Å². The number of nitrogens with one attached hydrogen (secondary N) is 3. The molecule has 0 aliphatic heterocycles. The second kappa shape index (κ2) is 10.8. The van der Waals surface area contributed by atoms with Crippen molar-refractivity contribution in [1.29, 1.82) is 0 Å². The molecule has 0 amide bonds. The fourth-order valence-corrected chi connectivity index (χ4v) is 3.14. The Balaban J connectivity index is 1.91. The third-order valence-electron chi connectivity index (χ3n) is 4.98. The van der Waals surface area contributed by atoms with Crippen molar-refractivity contribution in [3.63, 3.8) is 0 Å². The second-order valence-corrected chi connectivity index (χ2v) is 7.56. The first kappa shape index (κ1) is 21.9. The standard InChI is InChI=1S/C24H31N3S/c1-17(16-18(2)22-12-8-6-9-13-22)19(3)20(4)26-27-24(28)25-21(5)23-14-10-7-11-15-23/h6-16,20-21,26H,1-5H3,(H2,25,27,28)/b18-16+,19-17+. The van der Waals surface area contributed by atoms with Crippen LogP contribution in [-0.4, -0.2) is 11.2 Å². The smallest absolute Gasteiger partial charge is 0.181 e. The number of benzene rings is 2. The molecule has 2 aromatic carbocycles. The van der Waals surface area contributed by atoms with Crippen molar-refractivity contribution < 1.29 is 0 Å².